The first kappa shape index (κ1) is 16.8. The molecule has 0 bridgehead atoms. The fraction of sp³-hybridized carbons (Fsp3) is 0.133. The summed E-state index contributed by atoms with van der Waals surface area (Å²) in [6.45, 7) is 4.59. The van der Waals surface area contributed by atoms with Crippen molar-refractivity contribution in [1.29, 1.82) is 0 Å². The second-order valence-electron chi connectivity index (χ2n) is 5.12. The Morgan fingerprint density at radius 2 is 2.08 bits per heavy atom. The molecule has 3 heterocycles. The van der Waals surface area contributed by atoms with Crippen molar-refractivity contribution in [3.8, 4) is 0 Å². The van der Waals surface area contributed by atoms with Crippen molar-refractivity contribution >= 4 is 73.5 Å². The van der Waals surface area contributed by atoms with Crippen LogP contribution in [-0.2, 0) is 6.54 Å². The minimum atomic E-state index is 0.355. The van der Waals surface area contributed by atoms with Gasteiger partial charge in [-0.2, -0.15) is 0 Å². The average molecular weight is 410 g/mol. The number of rotatable bonds is 4. The minimum absolute atomic E-state index is 0.355. The van der Waals surface area contributed by atoms with Crippen molar-refractivity contribution in [2.24, 2.45) is 0 Å². The largest absolute Gasteiger partial charge is 0.382 e. The number of hydrogen-bond acceptors (Lipinski definition) is 7. The molecule has 0 saturated carbocycles. The fourth-order valence-corrected chi connectivity index (χ4v) is 5.00. The van der Waals surface area contributed by atoms with Crippen LogP contribution in [0.2, 0.25) is 10.0 Å². The minimum Gasteiger partial charge on any atom is -0.382 e. The van der Waals surface area contributed by atoms with Crippen molar-refractivity contribution < 1.29 is 0 Å². The molecular formula is C15H11Cl2N6S2. The molecule has 0 saturated heterocycles. The number of nitrogens with zero attached hydrogens (tertiary/aromatic N) is 5. The highest BCUT2D eigenvalue weighted by atomic mass is 35.5. The Bertz CT molecular complexity index is 1090. The number of nitrogen functional groups attached to an aromatic ring is 1. The van der Waals surface area contributed by atoms with Gasteiger partial charge in [0.25, 0.3) is 0 Å². The highest BCUT2D eigenvalue weighted by Crippen LogP contribution is 2.40. The molecule has 0 amide bonds. The molecule has 0 spiro atoms. The van der Waals surface area contributed by atoms with Crippen molar-refractivity contribution in [2.45, 2.75) is 22.5 Å². The number of halogens is 2. The normalized spacial score (nSPS) is 11.6. The number of thiazole rings is 1. The molecular weight excluding hydrogens is 399 g/mol. The van der Waals surface area contributed by atoms with Crippen LogP contribution in [0.4, 0.5) is 5.82 Å². The molecule has 4 rings (SSSR count). The molecule has 6 nitrogen and oxygen atoms in total. The number of aromatic nitrogens is 5. The first-order valence-electron chi connectivity index (χ1n) is 7.27. The maximum absolute atomic E-state index is 6.27. The van der Waals surface area contributed by atoms with E-state index in [0.717, 1.165) is 19.7 Å². The molecule has 0 fully saturated rings. The van der Waals surface area contributed by atoms with Gasteiger partial charge < -0.3 is 10.3 Å². The van der Waals surface area contributed by atoms with Crippen LogP contribution in [0, 0.1) is 6.92 Å². The summed E-state index contributed by atoms with van der Waals surface area (Å²) >= 11 is 15.3. The summed E-state index contributed by atoms with van der Waals surface area (Å²) < 4.78 is 3.65. The second kappa shape index (κ2) is 6.60. The molecule has 127 valence electrons. The third-order valence-electron chi connectivity index (χ3n) is 3.52. The van der Waals surface area contributed by atoms with E-state index in [4.69, 9.17) is 28.9 Å². The zero-order chi connectivity index (χ0) is 17.6. The van der Waals surface area contributed by atoms with Crippen LogP contribution in [-0.4, -0.2) is 24.5 Å². The average Bonchev–Trinajstić information content (AvgIpc) is 3.15. The zero-order valence-electron chi connectivity index (χ0n) is 12.7. The zero-order valence-corrected chi connectivity index (χ0v) is 15.9. The van der Waals surface area contributed by atoms with Crippen molar-refractivity contribution in [1.82, 2.24) is 24.5 Å². The lowest BCUT2D eigenvalue weighted by Crippen LogP contribution is -2.00. The quantitative estimate of drug-likeness (QED) is 0.525. The molecule has 25 heavy (non-hydrogen) atoms. The molecule has 0 aliphatic heterocycles. The maximum atomic E-state index is 6.27. The van der Waals surface area contributed by atoms with E-state index in [9.17, 15) is 0 Å². The molecule has 10 heteroatoms. The molecule has 4 aromatic rings. The number of imidazole rings is 1. The summed E-state index contributed by atoms with van der Waals surface area (Å²) in [5.41, 5.74) is 8.01. The van der Waals surface area contributed by atoms with E-state index in [1.807, 2.05) is 10.6 Å². The third-order valence-corrected chi connectivity index (χ3v) is 6.58. The highest BCUT2D eigenvalue weighted by Gasteiger charge is 2.18. The van der Waals surface area contributed by atoms with Crippen LogP contribution in [0.15, 0.2) is 28.0 Å². The van der Waals surface area contributed by atoms with Crippen molar-refractivity contribution in [2.75, 3.05) is 5.73 Å². The Morgan fingerprint density at radius 1 is 1.24 bits per heavy atom. The third kappa shape index (κ3) is 2.93. The van der Waals surface area contributed by atoms with E-state index < -0.39 is 0 Å². The standard InChI is InChI=1S/C15H11Cl2N6S2/c1-2-5-23-13-10(12(18)19-6-20-13)22-14(23)25-15-21-8-4-3-7(16)9(17)11(8)24-15/h3-4,6H,1-2,5H2,(H2,18,19,20). The topological polar surface area (TPSA) is 82.5 Å². The summed E-state index contributed by atoms with van der Waals surface area (Å²) in [6.07, 6.45) is 2.14. The van der Waals surface area contributed by atoms with Crippen LogP contribution in [0.5, 0.6) is 0 Å². The van der Waals surface area contributed by atoms with E-state index >= 15 is 0 Å². The first-order chi connectivity index (χ1) is 12.1. The van der Waals surface area contributed by atoms with Crippen LogP contribution >= 0.6 is 46.3 Å². The Kier molecular flexibility index (Phi) is 4.45. The van der Waals surface area contributed by atoms with Crippen LogP contribution < -0.4 is 5.73 Å². The number of hydrogen-bond donors (Lipinski definition) is 1. The highest BCUT2D eigenvalue weighted by molar-refractivity contribution is 8.01. The van der Waals surface area contributed by atoms with Gasteiger partial charge in [0.2, 0.25) is 0 Å². The molecule has 0 atom stereocenters. The van der Waals surface area contributed by atoms with Gasteiger partial charge in [0, 0.05) is 6.54 Å². The summed E-state index contributed by atoms with van der Waals surface area (Å²) in [7, 11) is 0. The van der Waals surface area contributed by atoms with E-state index in [1.54, 1.807) is 6.07 Å². The van der Waals surface area contributed by atoms with E-state index in [0.29, 0.717) is 40.0 Å². The van der Waals surface area contributed by atoms with Gasteiger partial charge in [-0.05, 0) is 30.3 Å². The summed E-state index contributed by atoms with van der Waals surface area (Å²) in [6, 6.07) is 3.60. The molecule has 0 unspecified atom stereocenters. The number of benzene rings is 1. The molecule has 1 aromatic carbocycles. The maximum Gasteiger partial charge on any atom is 0.177 e. The Morgan fingerprint density at radius 3 is 2.88 bits per heavy atom. The predicted molar refractivity (Wildman–Crippen MR) is 103 cm³/mol. The van der Waals surface area contributed by atoms with Crippen molar-refractivity contribution in [3.63, 3.8) is 0 Å². The fourth-order valence-electron chi connectivity index (χ4n) is 2.41. The van der Waals surface area contributed by atoms with Crippen LogP contribution in [0.3, 0.4) is 0 Å². The molecule has 3 aromatic heterocycles. The van der Waals surface area contributed by atoms with Gasteiger partial charge in [-0.1, -0.05) is 30.1 Å². The number of nitrogens with two attached hydrogens (primary N) is 1. The lowest BCUT2D eigenvalue weighted by Gasteiger charge is -2.04. The Balaban J connectivity index is 1.81. The Hall–Kier alpha value is -1.61. The molecule has 0 aliphatic rings. The lowest BCUT2D eigenvalue weighted by atomic mass is 10.3. The molecule has 2 N–H and O–H groups in total. The number of anilines is 1. The SMILES string of the molecule is [CH2]CCn1c(Sc2nc3ccc(Cl)c(Cl)c3s2)nc2c(N)ncnc21. The smallest absolute Gasteiger partial charge is 0.177 e. The van der Waals surface area contributed by atoms with Gasteiger partial charge in [-0.3, -0.25) is 0 Å². The second-order valence-corrected chi connectivity index (χ2v) is 8.12. The van der Waals surface area contributed by atoms with Gasteiger partial charge in [0.15, 0.2) is 26.5 Å². The Labute approximate surface area is 161 Å². The summed E-state index contributed by atoms with van der Waals surface area (Å²) in [5.74, 6) is 0.355. The monoisotopic (exact) mass is 409 g/mol. The predicted octanol–water partition coefficient (Wildman–Crippen LogP) is 4.70. The molecule has 0 aliphatic carbocycles. The summed E-state index contributed by atoms with van der Waals surface area (Å²) in [5, 5.41) is 1.78. The van der Waals surface area contributed by atoms with E-state index in [2.05, 4.69) is 26.9 Å². The van der Waals surface area contributed by atoms with Gasteiger partial charge in [0.1, 0.15) is 6.33 Å². The van der Waals surface area contributed by atoms with Gasteiger partial charge in [-0.25, -0.2) is 19.9 Å². The van der Waals surface area contributed by atoms with E-state index in [1.165, 1.54) is 29.4 Å². The first-order valence-corrected chi connectivity index (χ1v) is 9.65. The van der Waals surface area contributed by atoms with Gasteiger partial charge in [-0.15, -0.1) is 11.3 Å². The van der Waals surface area contributed by atoms with E-state index in [-0.39, 0.29) is 0 Å². The lowest BCUT2D eigenvalue weighted by molar-refractivity contribution is 0.655. The molecule has 1 radical (unpaired) electrons. The van der Waals surface area contributed by atoms with Crippen LogP contribution in [0.25, 0.3) is 21.4 Å². The van der Waals surface area contributed by atoms with Crippen LogP contribution in [0.1, 0.15) is 6.42 Å². The number of fused-ring (bicyclic) bond motifs is 2. The van der Waals surface area contributed by atoms with Gasteiger partial charge in [0.05, 0.1) is 20.3 Å². The van der Waals surface area contributed by atoms with Crippen molar-refractivity contribution in [3.05, 3.63) is 35.4 Å². The van der Waals surface area contributed by atoms with Gasteiger partial charge >= 0.3 is 0 Å². The number of aryl methyl sites for hydroxylation is 1. The summed E-state index contributed by atoms with van der Waals surface area (Å²) in [4.78, 5) is 17.5.